The zero-order valence-corrected chi connectivity index (χ0v) is 15.8. The van der Waals surface area contributed by atoms with Crippen LogP contribution in [0, 0.1) is 0 Å². The van der Waals surface area contributed by atoms with Gasteiger partial charge in [0.1, 0.15) is 0 Å². The molecule has 2 N–H and O–H groups in total. The summed E-state index contributed by atoms with van der Waals surface area (Å²) in [7, 11) is 0. The maximum Gasteiger partial charge on any atom is 0.0746 e. The van der Waals surface area contributed by atoms with Crippen molar-refractivity contribution < 1.29 is 10.2 Å². The standard InChI is InChI=1S/C12H18O2S6/c13-3-9-5-17-11(19-9)7-15-1-2-16-8-12-18-6-10(4-14)20-12/h5-6,11-14H,1-4,7-8H2. The second-order valence-corrected chi connectivity index (χ2v) is 11.7. The fraction of sp³-hybridized carbons (Fsp3) is 0.667. The van der Waals surface area contributed by atoms with Crippen molar-refractivity contribution in [1.82, 2.24) is 0 Å². The quantitative estimate of drug-likeness (QED) is 0.581. The zero-order chi connectivity index (χ0) is 14.2. The molecule has 0 saturated carbocycles. The van der Waals surface area contributed by atoms with Gasteiger partial charge >= 0.3 is 0 Å². The van der Waals surface area contributed by atoms with E-state index in [9.17, 15) is 0 Å². The second-order valence-electron chi connectivity index (χ2n) is 4.00. The monoisotopic (exact) mass is 386 g/mol. The molecule has 2 rings (SSSR count). The van der Waals surface area contributed by atoms with E-state index in [0.717, 1.165) is 21.3 Å². The van der Waals surface area contributed by atoms with Crippen molar-refractivity contribution in [3.05, 3.63) is 20.6 Å². The van der Waals surface area contributed by atoms with Gasteiger partial charge in [0.2, 0.25) is 0 Å². The molecule has 0 radical (unpaired) electrons. The third kappa shape index (κ3) is 6.32. The van der Waals surface area contributed by atoms with Gasteiger partial charge in [0.05, 0.1) is 22.4 Å². The first kappa shape index (κ1) is 17.8. The molecule has 0 aliphatic carbocycles. The number of hydrogen-bond donors (Lipinski definition) is 2. The Bertz CT molecular complexity index is 326. The van der Waals surface area contributed by atoms with Crippen molar-refractivity contribution in [2.75, 3.05) is 36.2 Å². The number of rotatable bonds is 9. The van der Waals surface area contributed by atoms with Crippen LogP contribution < -0.4 is 0 Å². The van der Waals surface area contributed by atoms with Crippen molar-refractivity contribution in [1.29, 1.82) is 0 Å². The van der Waals surface area contributed by atoms with Crippen molar-refractivity contribution in [2.45, 2.75) is 9.16 Å². The molecule has 2 atom stereocenters. The summed E-state index contributed by atoms with van der Waals surface area (Å²) >= 11 is 11.3. The third-order valence-corrected chi connectivity index (χ3v) is 11.0. The summed E-state index contributed by atoms with van der Waals surface area (Å²) < 4.78 is 1.17. The van der Waals surface area contributed by atoms with Gasteiger partial charge < -0.3 is 10.2 Å². The van der Waals surface area contributed by atoms with Gasteiger partial charge in [-0.3, -0.25) is 0 Å². The van der Waals surface area contributed by atoms with Gasteiger partial charge in [-0.15, -0.1) is 47.0 Å². The summed E-state index contributed by atoms with van der Waals surface area (Å²) in [5, 5.41) is 22.2. The fourth-order valence-electron chi connectivity index (χ4n) is 1.52. The minimum atomic E-state index is 0.190. The molecule has 0 fully saturated rings. The highest BCUT2D eigenvalue weighted by Gasteiger charge is 2.19. The molecule has 114 valence electrons. The lowest BCUT2D eigenvalue weighted by Crippen LogP contribution is -2.01. The molecule has 8 heteroatoms. The molecule has 2 nitrogen and oxygen atoms in total. The minimum absolute atomic E-state index is 0.190. The van der Waals surface area contributed by atoms with Crippen molar-refractivity contribution in [3.8, 4) is 0 Å². The summed E-state index contributed by atoms with van der Waals surface area (Å²) in [6.45, 7) is 0.380. The minimum Gasteiger partial charge on any atom is -0.391 e. The van der Waals surface area contributed by atoms with Crippen molar-refractivity contribution in [2.24, 2.45) is 0 Å². The topological polar surface area (TPSA) is 40.5 Å². The fourth-order valence-corrected chi connectivity index (χ4v) is 9.39. The predicted molar refractivity (Wildman–Crippen MR) is 103 cm³/mol. The van der Waals surface area contributed by atoms with Gasteiger partial charge in [-0.05, 0) is 10.8 Å². The highest BCUT2D eigenvalue weighted by atomic mass is 32.2. The van der Waals surface area contributed by atoms with Crippen LogP contribution in [0.5, 0.6) is 0 Å². The first-order valence-corrected chi connectivity index (χ1v) is 12.2. The Hall–Kier alpha value is 1.50. The molecular formula is C12H18O2S6. The van der Waals surface area contributed by atoms with E-state index >= 15 is 0 Å². The zero-order valence-electron chi connectivity index (χ0n) is 10.9. The lowest BCUT2D eigenvalue weighted by molar-refractivity contribution is 0.339. The van der Waals surface area contributed by atoms with Crippen LogP contribution in [0.25, 0.3) is 0 Å². The Morgan fingerprint density at radius 3 is 1.65 bits per heavy atom. The lowest BCUT2D eigenvalue weighted by Gasteiger charge is -2.10. The molecule has 2 aliphatic rings. The van der Waals surface area contributed by atoms with Gasteiger partial charge in [0.25, 0.3) is 0 Å². The summed E-state index contributed by atoms with van der Waals surface area (Å²) in [5.74, 6) is 4.69. The third-order valence-electron chi connectivity index (χ3n) is 2.46. The molecule has 0 spiro atoms. The SMILES string of the molecule is OCC1=CSC(CSCCSCC2SC=C(CO)S2)S1. The van der Waals surface area contributed by atoms with E-state index in [1.165, 1.54) is 11.5 Å². The van der Waals surface area contributed by atoms with E-state index in [0.29, 0.717) is 9.16 Å². The van der Waals surface area contributed by atoms with E-state index in [-0.39, 0.29) is 13.2 Å². The Balaban J connectivity index is 1.41. The number of hydrogen-bond acceptors (Lipinski definition) is 8. The molecule has 0 aromatic carbocycles. The summed E-state index contributed by atoms with van der Waals surface area (Å²) in [4.78, 5) is 2.22. The summed E-state index contributed by atoms with van der Waals surface area (Å²) in [6, 6.07) is 0. The lowest BCUT2D eigenvalue weighted by atomic mass is 10.7. The molecule has 0 saturated heterocycles. The molecule has 2 aliphatic heterocycles. The van der Waals surface area contributed by atoms with E-state index < -0.39 is 0 Å². The number of thioether (sulfide) groups is 6. The van der Waals surface area contributed by atoms with Crippen LogP contribution in [0.2, 0.25) is 0 Å². The molecule has 0 bridgehead atoms. The van der Waals surface area contributed by atoms with Gasteiger partial charge in [-0.1, -0.05) is 0 Å². The van der Waals surface area contributed by atoms with Gasteiger partial charge in [0.15, 0.2) is 0 Å². The normalized spacial score (nSPS) is 25.9. The van der Waals surface area contributed by atoms with Crippen LogP contribution in [0.15, 0.2) is 20.6 Å². The van der Waals surface area contributed by atoms with E-state index in [1.54, 1.807) is 23.5 Å². The average Bonchev–Trinajstić information content (AvgIpc) is 3.11. The highest BCUT2D eigenvalue weighted by Crippen LogP contribution is 2.42. The van der Waals surface area contributed by atoms with Crippen molar-refractivity contribution in [3.63, 3.8) is 0 Å². The first-order chi connectivity index (χ1) is 9.81. The average molecular weight is 387 g/mol. The molecule has 20 heavy (non-hydrogen) atoms. The van der Waals surface area contributed by atoms with Gasteiger partial charge in [-0.2, -0.15) is 23.5 Å². The van der Waals surface area contributed by atoms with Crippen LogP contribution >= 0.6 is 70.6 Å². The molecule has 2 heterocycles. The Morgan fingerprint density at radius 1 is 0.850 bits per heavy atom. The maximum atomic E-state index is 9.03. The molecule has 0 aromatic heterocycles. The van der Waals surface area contributed by atoms with E-state index in [4.69, 9.17) is 10.2 Å². The van der Waals surface area contributed by atoms with Crippen LogP contribution in [0.4, 0.5) is 0 Å². The maximum absolute atomic E-state index is 9.03. The largest absolute Gasteiger partial charge is 0.391 e. The number of aliphatic hydroxyl groups is 2. The van der Waals surface area contributed by atoms with Crippen LogP contribution in [0.3, 0.4) is 0 Å². The van der Waals surface area contributed by atoms with Crippen LogP contribution in [0.1, 0.15) is 0 Å². The first-order valence-electron chi connectivity index (χ1n) is 6.21. The van der Waals surface area contributed by atoms with Crippen molar-refractivity contribution >= 4 is 70.6 Å². The van der Waals surface area contributed by atoms with Crippen LogP contribution in [-0.4, -0.2) is 55.6 Å². The smallest absolute Gasteiger partial charge is 0.0746 e. The highest BCUT2D eigenvalue weighted by molar-refractivity contribution is 8.24. The Kier molecular flexibility index (Phi) is 9.20. The van der Waals surface area contributed by atoms with E-state index in [1.807, 2.05) is 47.0 Å². The van der Waals surface area contributed by atoms with E-state index in [2.05, 4.69) is 10.8 Å². The van der Waals surface area contributed by atoms with Gasteiger partial charge in [-0.25, -0.2) is 0 Å². The molecule has 0 amide bonds. The molecule has 2 unspecified atom stereocenters. The second kappa shape index (κ2) is 10.3. The Labute approximate surface area is 146 Å². The Morgan fingerprint density at radius 2 is 1.30 bits per heavy atom. The molecular weight excluding hydrogens is 369 g/mol. The number of aliphatic hydroxyl groups excluding tert-OH is 2. The van der Waals surface area contributed by atoms with Gasteiger partial charge in [0, 0.05) is 32.8 Å². The van der Waals surface area contributed by atoms with Crippen LogP contribution in [-0.2, 0) is 0 Å². The predicted octanol–water partition coefficient (Wildman–Crippen LogP) is 3.73. The summed E-state index contributed by atoms with van der Waals surface area (Å²) in [5.41, 5.74) is 0. The molecule has 0 aromatic rings. The summed E-state index contributed by atoms with van der Waals surface area (Å²) in [6.07, 6.45) is 0.